The maximum Gasteiger partial charge on any atom is 0.269 e. The number of hydrogen-bond acceptors (Lipinski definition) is 6. The summed E-state index contributed by atoms with van der Waals surface area (Å²) < 4.78 is 5.35. The third-order valence-electron chi connectivity index (χ3n) is 6.66. The van der Waals surface area contributed by atoms with Gasteiger partial charge in [-0.15, -0.1) is 0 Å². The number of non-ortho nitro benzene ring substituents is 1. The molecule has 0 bridgehead atoms. The minimum absolute atomic E-state index is 0.0365. The minimum Gasteiger partial charge on any atom is -0.467 e. The van der Waals surface area contributed by atoms with Gasteiger partial charge in [0.15, 0.2) is 0 Å². The number of nitro benzene ring substituents is 1. The second kappa shape index (κ2) is 8.61. The fourth-order valence-corrected chi connectivity index (χ4v) is 4.93. The molecule has 0 saturated carbocycles. The summed E-state index contributed by atoms with van der Waals surface area (Å²) in [4.78, 5) is 28.9. The van der Waals surface area contributed by atoms with Crippen LogP contribution in [0.1, 0.15) is 16.9 Å². The fraction of sp³-hybridized carbons (Fsp3) is 0.320. The van der Waals surface area contributed by atoms with E-state index in [0.29, 0.717) is 25.3 Å². The number of benzene rings is 2. The van der Waals surface area contributed by atoms with Crippen LogP contribution in [-0.4, -0.2) is 36.5 Å². The van der Waals surface area contributed by atoms with Crippen molar-refractivity contribution in [3.05, 3.63) is 87.9 Å². The smallest absolute Gasteiger partial charge is 0.269 e. The highest BCUT2D eigenvalue weighted by Gasteiger charge is 2.42. The van der Waals surface area contributed by atoms with Crippen molar-refractivity contribution in [2.24, 2.45) is 5.92 Å². The number of piperazine rings is 1. The number of amides is 1. The normalized spacial score (nSPS) is 19.5. The molecule has 2 unspecified atom stereocenters. The van der Waals surface area contributed by atoms with E-state index in [1.165, 1.54) is 5.56 Å². The van der Waals surface area contributed by atoms with E-state index in [1.54, 1.807) is 24.5 Å². The fourth-order valence-electron chi connectivity index (χ4n) is 4.93. The van der Waals surface area contributed by atoms with Gasteiger partial charge >= 0.3 is 0 Å². The first kappa shape index (κ1) is 21.1. The highest BCUT2D eigenvalue weighted by molar-refractivity contribution is 5.82. The molecule has 0 spiro atoms. The van der Waals surface area contributed by atoms with Crippen LogP contribution in [0.3, 0.4) is 0 Å². The van der Waals surface area contributed by atoms with E-state index >= 15 is 0 Å². The summed E-state index contributed by atoms with van der Waals surface area (Å²) in [5.74, 6) is 0.295. The van der Waals surface area contributed by atoms with Gasteiger partial charge in [-0.25, -0.2) is 0 Å². The minimum atomic E-state index is -0.381. The zero-order chi connectivity index (χ0) is 22.9. The van der Waals surface area contributed by atoms with Crippen molar-refractivity contribution in [2.75, 3.05) is 29.4 Å². The van der Waals surface area contributed by atoms with Gasteiger partial charge in [-0.05, 0) is 49.2 Å². The summed E-state index contributed by atoms with van der Waals surface area (Å²) in [6, 6.07) is 17.0. The number of nitrogens with one attached hydrogen (secondary N) is 1. The number of hydrogen-bond donors (Lipinski definition) is 1. The third-order valence-corrected chi connectivity index (χ3v) is 6.66. The number of anilines is 2. The summed E-state index contributed by atoms with van der Waals surface area (Å²) in [6.07, 6.45) is 2.05. The highest BCUT2D eigenvalue weighted by atomic mass is 16.6. The molecule has 2 aromatic carbocycles. The summed E-state index contributed by atoms with van der Waals surface area (Å²) >= 11 is 0. The Morgan fingerprint density at radius 2 is 2.00 bits per heavy atom. The van der Waals surface area contributed by atoms with E-state index in [-0.39, 0.29) is 28.5 Å². The SMILES string of the molecule is Cc1ccc(N2CCN3c4ccc([N+](=O)[O-])cc4CC(C(=O)NCc4ccco4)C3C2)cc1. The Kier molecular flexibility index (Phi) is 5.50. The first-order chi connectivity index (χ1) is 16.0. The Bertz CT molecular complexity index is 1160. The van der Waals surface area contributed by atoms with Crippen LogP contribution < -0.4 is 15.1 Å². The summed E-state index contributed by atoms with van der Waals surface area (Å²) in [5.41, 5.74) is 4.25. The van der Waals surface area contributed by atoms with Crippen LogP contribution in [0.15, 0.2) is 65.3 Å². The molecule has 1 aromatic heterocycles. The van der Waals surface area contributed by atoms with Crippen molar-refractivity contribution in [3.63, 3.8) is 0 Å². The van der Waals surface area contributed by atoms with E-state index in [0.717, 1.165) is 30.0 Å². The molecule has 1 amide bonds. The number of fused-ring (bicyclic) bond motifs is 3. The number of furan rings is 1. The number of nitrogens with zero attached hydrogens (tertiary/aromatic N) is 3. The molecule has 170 valence electrons. The Balaban J connectivity index is 1.44. The van der Waals surface area contributed by atoms with Gasteiger partial charge in [-0.3, -0.25) is 14.9 Å². The lowest BCUT2D eigenvalue weighted by Crippen LogP contribution is -2.61. The molecular weight excluding hydrogens is 420 g/mol. The second-order valence-electron chi connectivity index (χ2n) is 8.72. The van der Waals surface area contributed by atoms with Crippen LogP contribution in [0, 0.1) is 23.0 Å². The lowest BCUT2D eigenvalue weighted by Gasteiger charge is -2.49. The molecule has 33 heavy (non-hydrogen) atoms. The average molecular weight is 447 g/mol. The summed E-state index contributed by atoms with van der Waals surface area (Å²) in [5, 5.41) is 14.3. The van der Waals surface area contributed by atoms with Gasteiger partial charge in [-0.2, -0.15) is 0 Å². The number of carbonyl (C=O) groups is 1. The zero-order valence-corrected chi connectivity index (χ0v) is 18.4. The van der Waals surface area contributed by atoms with Crippen LogP contribution in [-0.2, 0) is 17.8 Å². The van der Waals surface area contributed by atoms with Crippen molar-refractivity contribution in [1.29, 1.82) is 0 Å². The molecule has 8 heteroatoms. The van der Waals surface area contributed by atoms with E-state index in [4.69, 9.17) is 4.42 Å². The lowest BCUT2D eigenvalue weighted by atomic mass is 9.83. The van der Waals surface area contributed by atoms with Crippen LogP contribution in [0.25, 0.3) is 0 Å². The number of carbonyl (C=O) groups excluding carboxylic acids is 1. The van der Waals surface area contributed by atoms with E-state index in [9.17, 15) is 14.9 Å². The molecule has 3 aromatic rings. The Hall–Kier alpha value is -3.81. The van der Waals surface area contributed by atoms with E-state index < -0.39 is 0 Å². The molecule has 5 rings (SSSR count). The Labute approximate surface area is 191 Å². The molecule has 0 aliphatic carbocycles. The molecule has 0 radical (unpaired) electrons. The van der Waals surface area contributed by atoms with Gasteiger partial charge in [0.1, 0.15) is 5.76 Å². The first-order valence-electron chi connectivity index (χ1n) is 11.2. The monoisotopic (exact) mass is 446 g/mol. The average Bonchev–Trinajstić information content (AvgIpc) is 3.35. The quantitative estimate of drug-likeness (QED) is 0.475. The standard InChI is InChI=1S/C25H26N4O4/c1-17-4-6-19(7-5-17)27-10-11-28-23-9-8-20(29(31)32)13-18(23)14-22(24(28)16-27)25(30)26-15-21-3-2-12-33-21/h2-9,12-13,22,24H,10-11,14-16H2,1H3,(H,26,30). The zero-order valence-electron chi connectivity index (χ0n) is 18.4. The van der Waals surface area contributed by atoms with E-state index in [2.05, 4.69) is 46.3 Å². The maximum atomic E-state index is 13.3. The molecule has 3 heterocycles. The number of nitro groups is 1. The van der Waals surface area contributed by atoms with Gasteiger partial charge in [0.2, 0.25) is 5.91 Å². The molecular formula is C25H26N4O4. The number of aryl methyl sites for hydroxylation is 1. The number of rotatable bonds is 5. The molecule has 2 atom stereocenters. The van der Waals surface area contributed by atoms with Crippen LogP contribution >= 0.6 is 0 Å². The van der Waals surface area contributed by atoms with Gasteiger partial charge in [0, 0.05) is 43.1 Å². The van der Waals surface area contributed by atoms with E-state index in [1.807, 2.05) is 12.1 Å². The highest BCUT2D eigenvalue weighted by Crippen LogP contribution is 2.38. The van der Waals surface area contributed by atoms with Crippen molar-refractivity contribution < 1.29 is 14.1 Å². The molecule has 1 fully saturated rings. The maximum absolute atomic E-state index is 13.3. The van der Waals surface area contributed by atoms with Gasteiger partial charge in [0.05, 0.1) is 29.7 Å². The topological polar surface area (TPSA) is 91.9 Å². The van der Waals surface area contributed by atoms with Gasteiger partial charge in [0.25, 0.3) is 5.69 Å². The van der Waals surface area contributed by atoms with Crippen LogP contribution in [0.5, 0.6) is 0 Å². The molecule has 8 nitrogen and oxygen atoms in total. The van der Waals surface area contributed by atoms with Gasteiger partial charge < -0.3 is 19.5 Å². The predicted molar refractivity (Wildman–Crippen MR) is 125 cm³/mol. The predicted octanol–water partition coefficient (Wildman–Crippen LogP) is 3.68. The largest absolute Gasteiger partial charge is 0.467 e. The second-order valence-corrected chi connectivity index (χ2v) is 8.72. The van der Waals surface area contributed by atoms with Crippen molar-refractivity contribution >= 4 is 23.0 Å². The molecule has 2 aliphatic rings. The third kappa shape index (κ3) is 4.16. The van der Waals surface area contributed by atoms with Crippen molar-refractivity contribution in [1.82, 2.24) is 5.32 Å². The Morgan fingerprint density at radius 1 is 1.18 bits per heavy atom. The summed E-state index contributed by atoms with van der Waals surface area (Å²) in [7, 11) is 0. The Morgan fingerprint density at radius 3 is 2.73 bits per heavy atom. The first-order valence-corrected chi connectivity index (χ1v) is 11.2. The van der Waals surface area contributed by atoms with Gasteiger partial charge in [-0.1, -0.05) is 17.7 Å². The van der Waals surface area contributed by atoms with Crippen molar-refractivity contribution in [3.8, 4) is 0 Å². The lowest BCUT2D eigenvalue weighted by molar-refractivity contribution is -0.384. The summed E-state index contributed by atoms with van der Waals surface area (Å²) in [6.45, 7) is 4.65. The molecule has 1 N–H and O–H groups in total. The van der Waals surface area contributed by atoms with Crippen LogP contribution in [0.2, 0.25) is 0 Å². The molecule has 1 saturated heterocycles. The van der Waals surface area contributed by atoms with Crippen LogP contribution in [0.4, 0.5) is 17.1 Å². The molecule has 2 aliphatic heterocycles. The van der Waals surface area contributed by atoms with Crippen molar-refractivity contribution in [2.45, 2.75) is 25.9 Å².